The van der Waals surface area contributed by atoms with E-state index in [0.29, 0.717) is 10.7 Å². The Kier molecular flexibility index (Phi) is 6.58. The summed E-state index contributed by atoms with van der Waals surface area (Å²) in [6.45, 7) is 12.0. The molecule has 1 aromatic carbocycles. The van der Waals surface area contributed by atoms with Crippen LogP contribution in [-0.2, 0) is 14.8 Å². The Morgan fingerprint density at radius 2 is 1.92 bits per heavy atom. The van der Waals surface area contributed by atoms with Crippen molar-refractivity contribution < 1.29 is 17.9 Å². The quantitative estimate of drug-likeness (QED) is 0.554. The highest BCUT2D eigenvalue weighted by atomic mass is 32.2. The summed E-state index contributed by atoms with van der Waals surface area (Å²) in [5.41, 5.74) is 2.63. The number of rotatable bonds is 7. The third-order valence-electron chi connectivity index (χ3n) is 3.21. The molecule has 0 heterocycles. The lowest BCUT2D eigenvalue weighted by atomic mass is 10.1. The molecule has 0 atom stereocenters. The molecular formula is C18H23NO4S. The summed E-state index contributed by atoms with van der Waals surface area (Å²) >= 11 is 0. The fourth-order valence-electron chi connectivity index (χ4n) is 1.87. The van der Waals surface area contributed by atoms with Crippen LogP contribution in [0, 0.1) is 6.92 Å². The van der Waals surface area contributed by atoms with Gasteiger partial charge in [0.15, 0.2) is 0 Å². The van der Waals surface area contributed by atoms with Crippen molar-refractivity contribution in [1.29, 1.82) is 0 Å². The number of benzene rings is 1. The van der Waals surface area contributed by atoms with E-state index < -0.39 is 21.7 Å². The van der Waals surface area contributed by atoms with Crippen LogP contribution in [0.5, 0.6) is 0 Å². The molecule has 1 amide bonds. The number of sulfonamides is 1. The maximum atomic E-state index is 12.7. The Labute approximate surface area is 144 Å². The number of hydrogen-bond acceptors (Lipinski definition) is 4. The van der Waals surface area contributed by atoms with Gasteiger partial charge in [0.25, 0.3) is 10.0 Å². The van der Waals surface area contributed by atoms with Gasteiger partial charge in [-0.25, -0.2) is 13.2 Å². The summed E-state index contributed by atoms with van der Waals surface area (Å²) in [7, 11) is -4.02. The molecule has 0 saturated heterocycles. The third-order valence-corrected chi connectivity index (χ3v) is 4.96. The van der Waals surface area contributed by atoms with Gasteiger partial charge in [0.2, 0.25) is 0 Å². The summed E-state index contributed by atoms with van der Waals surface area (Å²) in [5.74, 6) is 0. The number of carbonyl (C=O) groups excluding carboxylic acids is 1. The van der Waals surface area contributed by atoms with Crippen LogP contribution in [-0.4, -0.2) is 31.0 Å². The van der Waals surface area contributed by atoms with Gasteiger partial charge in [-0.3, -0.25) is 0 Å². The minimum atomic E-state index is -4.02. The van der Waals surface area contributed by atoms with Crippen molar-refractivity contribution in [2.75, 3.05) is 6.54 Å². The second-order valence-electron chi connectivity index (χ2n) is 5.88. The first-order chi connectivity index (χ1) is 11.1. The van der Waals surface area contributed by atoms with E-state index in [2.05, 4.69) is 18.9 Å². The highest BCUT2D eigenvalue weighted by Crippen LogP contribution is 2.21. The van der Waals surface area contributed by atoms with E-state index in [4.69, 9.17) is 4.74 Å². The number of nitrogens with zero attached hydrogens (tertiary/aromatic N) is 1. The van der Waals surface area contributed by atoms with Crippen LogP contribution < -0.4 is 0 Å². The minimum Gasteiger partial charge on any atom is -0.442 e. The monoisotopic (exact) mass is 349 g/mol. The van der Waals surface area contributed by atoms with Crippen molar-refractivity contribution in [1.82, 2.24) is 4.31 Å². The fraction of sp³-hybridized carbons (Fsp3) is 0.333. The lowest BCUT2D eigenvalue weighted by Gasteiger charge is -2.28. The van der Waals surface area contributed by atoms with Crippen LogP contribution in [0.4, 0.5) is 4.79 Å². The zero-order valence-corrected chi connectivity index (χ0v) is 15.1. The normalized spacial score (nSPS) is 11.3. The van der Waals surface area contributed by atoms with Gasteiger partial charge in [0, 0.05) is 6.42 Å². The number of aryl methyl sites for hydroxylation is 1. The third kappa shape index (κ3) is 5.11. The lowest BCUT2D eigenvalue weighted by Crippen LogP contribution is -2.41. The molecule has 1 aromatic rings. The largest absolute Gasteiger partial charge is 0.442 e. The highest BCUT2D eigenvalue weighted by Gasteiger charge is 2.33. The number of carbonyl (C=O) groups is 1. The summed E-state index contributed by atoms with van der Waals surface area (Å²) < 4.78 is 31.5. The predicted octanol–water partition coefficient (Wildman–Crippen LogP) is 3.82. The molecule has 130 valence electrons. The van der Waals surface area contributed by atoms with E-state index in [0.717, 1.165) is 5.56 Å². The molecule has 24 heavy (non-hydrogen) atoms. The summed E-state index contributed by atoms with van der Waals surface area (Å²) in [5, 5.41) is 0. The Hall–Kier alpha value is -2.30. The molecule has 0 N–H and O–H groups in total. The van der Waals surface area contributed by atoms with Crippen LogP contribution in [0.2, 0.25) is 0 Å². The van der Waals surface area contributed by atoms with Crippen LogP contribution in [0.15, 0.2) is 60.2 Å². The molecule has 0 radical (unpaired) electrons. The molecule has 0 aromatic heterocycles. The topological polar surface area (TPSA) is 63.7 Å². The van der Waals surface area contributed by atoms with Gasteiger partial charge in [-0.2, -0.15) is 4.31 Å². The van der Waals surface area contributed by atoms with Crippen LogP contribution in [0.3, 0.4) is 0 Å². The Morgan fingerprint density at radius 1 is 1.33 bits per heavy atom. The van der Waals surface area contributed by atoms with E-state index in [9.17, 15) is 13.2 Å². The van der Waals surface area contributed by atoms with E-state index in [1.165, 1.54) is 18.2 Å². The lowest BCUT2D eigenvalue weighted by molar-refractivity contribution is 0.0297. The molecule has 0 aliphatic rings. The van der Waals surface area contributed by atoms with Crippen LogP contribution >= 0.6 is 0 Å². The standard InChI is InChI=1S/C18H23NO4S/c1-6-8-13-18(4,5)23-17(20)19(14-7-2)24(21,22)16-11-9-15(3)10-12-16/h7-12H,1-2,13-14H2,3-5H3. The van der Waals surface area contributed by atoms with Gasteiger partial charge in [-0.1, -0.05) is 30.4 Å². The summed E-state index contributed by atoms with van der Waals surface area (Å²) in [6, 6.07) is 6.26. The van der Waals surface area contributed by atoms with E-state index in [1.807, 2.05) is 6.92 Å². The fourth-order valence-corrected chi connectivity index (χ4v) is 3.14. The SMILES string of the molecule is C=C=CCC(C)(C)OC(=O)N(CC=C)S(=O)(=O)c1ccc(C)cc1. The molecule has 0 saturated carbocycles. The van der Waals surface area contributed by atoms with Gasteiger partial charge in [-0.15, -0.1) is 12.3 Å². The van der Waals surface area contributed by atoms with E-state index >= 15 is 0 Å². The second-order valence-corrected chi connectivity index (χ2v) is 7.74. The molecule has 1 rings (SSSR count). The summed E-state index contributed by atoms with van der Waals surface area (Å²) in [6.07, 6.45) is 2.38. The zero-order valence-electron chi connectivity index (χ0n) is 14.3. The Balaban J connectivity index is 3.12. The maximum Gasteiger partial charge on any atom is 0.424 e. The van der Waals surface area contributed by atoms with E-state index in [-0.39, 0.29) is 11.4 Å². The second kappa shape index (κ2) is 7.99. The first-order valence-electron chi connectivity index (χ1n) is 7.41. The Bertz CT molecular complexity index is 742. The van der Waals surface area contributed by atoms with Crippen molar-refractivity contribution in [2.24, 2.45) is 0 Å². The zero-order chi connectivity index (χ0) is 18.4. The van der Waals surface area contributed by atoms with Crippen molar-refractivity contribution in [3.8, 4) is 0 Å². The Morgan fingerprint density at radius 3 is 2.42 bits per heavy atom. The van der Waals surface area contributed by atoms with Crippen LogP contribution in [0.1, 0.15) is 25.8 Å². The first-order valence-corrected chi connectivity index (χ1v) is 8.85. The number of hydrogen-bond donors (Lipinski definition) is 0. The van der Waals surface area contributed by atoms with Gasteiger partial charge in [0.1, 0.15) is 5.60 Å². The van der Waals surface area contributed by atoms with Crippen molar-refractivity contribution in [3.05, 3.63) is 60.9 Å². The number of amides is 1. The smallest absolute Gasteiger partial charge is 0.424 e. The van der Waals surface area contributed by atoms with Gasteiger partial charge < -0.3 is 4.74 Å². The van der Waals surface area contributed by atoms with Gasteiger partial charge >= 0.3 is 6.09 Å². The van der Waals surface area contributed by atoms with E-state index in [1.54, 1.807) is 32.1 Å². The molecule has 0 unspecified atom stereocenters. The predicted molar refractivity (Wildman–Crippen MR) is 94.2 cm³/mol. The van der Waals surface area contributed by atoms with Crippen molar-refractivity contribution in [2.45, 2.75) is 37.7 Å². The van der Waals surface area contributed by atoms with Crippen LogP contribution in [0.25, 0.3) is 0 Å². The molecule has 5 nitrogen and oxygen atoms in total. The van der Waals surface area contributed by atoms with Gasteiger partial charge in [-0.05, 0) is 39.0 Å². The highest BCUT2D eigenvalue weighted by molar-refractivity contribution is 7.89. The average Bonchev–Trinajstić information content (AvgIpc) is 2.50. The number of ether oxygens (including phenoxy) is 1. The molecule has 0 aliphatic carbocycles. The molecular weight excluding hydrogens is 326 g/mol. The maximum absolute atomic E-state index is 12.7. The molecule has 0 fully saturated rings. The molecule has 0 spiro atoms. The van der Waals surface area contributed by atoms with Gasteiger partial charge in [0.05, 0.1) is 11.4 Å². The average molecular weight is 349 g/mol. The molecule has 0 bridgehead atoms. The molecule has 6 heteroatoms. The minimum absolute atomic E-state index is 0.0238. The van der Waals surface area contributed by atoms with Crippen molar-refractivity contribution in [3.63, 3.8) is 0 Å². The van der Waals surface area contributed by atoms with Crippen molar-refractivity contribution >= 4 is 16.1 Å². The molecule has 0 aliphatic heterocycles. The first kappa shape index (κ1) is 19.7. The summed E-state index contributed by atoms with van der Waals surface area (Å²) in [4.78, 5) is 12.4.